The van der Waals surface area contributed by atoms with E-state index in [0.29, 0.717) is 55.6 Å². The number of imidazole rings is 2. The number of likely N-dealkylation sites (tertiary alicyclic amines) is 1. The number of unbranched alkanes of at least 4 members (excludes halogenated alkanes) is 1. The van der Waals surface area contributed by atoms with Gasteiger partial charge in [-0.05, 0) is 88.2 Å². The molecule has 1 aliphatic heterocycles. The summed E-state index contributed by atoms with van der Waals surface area (Å²) in [6, 6.07) is -2.08. The number of carbonyl (C=O) groups excluding carboxylic acids is 8. The number of carboxylic acid groups (broad SMARTS) is 1. The van der Waals surface area contributed by atoms with Gasteiger partial charge >= 0.3 is 5.97 Å². The van der Waals surface area contributed by atoms with Crippen molar-refractivity contribution in [2.45, 2.75) is 184 Å². The topological polar surface area (TPSA) is 520 Å². The molecule has 1 aromatic carbocycles. The molecule has 4 rings (SSSR count). The SMILES string of the molecule is CC[C@H](C)[C@H](NC(=O)C[C@H](O)[C@H](CC(C)C)NC(=O)[C@H](Cc1cnc[nH]1)NC(=O)[C@H](Cc1ccccc1)NC(=O)[C@@H]1CCCN1C(=O)[C@H](CCCN=C(N)N)NC(=O)[C@@H](N)CCCN=C(N)N)C(=O)N[C@@H](Cc1cnc[nH]1)C(=O)N[C@@H](CCCCN)C(=O)O. The van der Waals surface area contributed by atoms with E-state index < -0.39 is 126 Å². The number of carbonyl (C=O) groups is 9. The second-order valence-electron chi connectivity index (χ2n) is 22.8. The molecule has 31 heteroatoms. The predicted molar refractivity (Wildman–Crippen MR) is 331 cm³/mol. The van der Waals surface area contributed by atoms with Gasteiger partial charge in [0.25, 0.3) is 0 Å². The number of nitrogens with two attached hydrogens (primary N) is 6. The highest BCUT2D eigenvalue weighted by molar-refractivity contribution is 5.97. The molecule has 0 bridgehead atoms. The van der Waals surface area contributed by atoms with Crippen LogP contribution >= 0.6 is 0 Å². The Balaban J connectivity index is 1.55. The monoisotopic (exact) mass is 1250 g/mol. The summed E-state index contributed by atoms with van der Waals surface area (Å²) in [6.07, 6.45) is 6.34. The molecule has 89 heavy (non-hydrogen) atoms. The summed E-state index contributed by atoms with van der Waals surface area (Å²) in [6.45, 7) is 8.02. The third-order valence-electron chi connectivity index (χ3n) is 15.1. The van der Waals surface area contributed by atoms with E-state index in [2.05, 4.69) is 67.1 Å². The highest BCUT2D eigenvalue weighted by Gasteiger charge is 2.40. The van der Waals surface area contributed by atoms with Gasteiger partial charge in [0.05, 0.1) is 37.3 Å². The number of hydrogen-bond acceptors (Lipinski definition) is 16. The largest absolute Gasteiger partial charge is 0.480 e. The molecule has 23 N–H and O–H groups in total. The van der Waals surface area contributed by atoms with Gasteiger partial charge in [0.2, 0.25) is 47.3 Å². The van der Waals surface area contributed by atoms with Crippen LogP contribution in [-0.4, -0.2) is 187 Å². The molecule has 492 valence electrons. The first-order valence-corrected chi connectivity index (χ1v) is 30.3. The van der Waals surface area contributed by atoms with E-state index in [1.807, 2.05) is 13.8 Å². The number of nitrogens with zero attached hydrogens (tertiary/aromatic N) is 5. The van der Waals surface area contributed by atoms with Gasteiger partial charge in [0.15, 0.2) is 11.9 Å². The molecule has 0 aliphatic carbocycles. The maximum atomic E-state index is 14.7. The number of hydrogen-bond donors (Lipinski definition) is 17. The van der Waals surface area contributed by atoms with Crippen molar-refractivity contribution >= 4 is 65.1 Å². The van der Waals surface area contributed by atoms with Crippen molar-refractivity contribution in [2.75, 3.05) is 26.2 Å². The van der Waals surface area contributed by atoms with E-state index >= 15 is 0 Å². The van der Waals surface area contributed by atoms with Crippen LogP contribution in [-0.2, 0) is 62.4 Å². The Morgan fingerprint density at radius 3 is 1.75 bits per heavy atom. The van der Waals surface area contributed by atoms with Crippen molar-refractivity contribution in [3.63, 3.8) is 0 Å². The summed E-state index contributed by atoms with van der Waals surface area (Å²) >= 11 is 0. The Labute approximate surface area is 518 Å². The Kier molecular flexibility index (Phi) is 31.0. The maximum absolute atomic E-state index is 14.7. The quantitative estimate of drug-likeness (QED) is 0.0154. The third-order valence-corrected chi connectivity index (χ3v) is 15.1. The normalized spacial score (nSPS) is 16.3. The number of aromatic amines is 2. The lowest BCUT2D eigenvalue weighted by Crippen LogP contribution is -2.60. The second-order valence-corrected chi connectivity index (χ2v) is 22.8. The van der Waals surface area contributed by atoms with Crippen LogP contribution in [0.3, 0.4) is 0 Å². The van der Waals surface area contributed by atoms with Gasteiger partial charge in [-0.3, -0.25) is 48.3 Å². The van der Waals surface area contributed by atoms with Crippen LogP contribution in [0.2, 0.25) is 0 Å². The van der Waals surface area contributed by atoms with Crippen LogP contribution in [0.25, 0.3) is 0 Å². The molecule has 3 heterocycles. The Morgan fingerprint density at radius 1 is 0.674 bits per heavy atom. The minimum Gasteiger partial charge on any atom is -0.480 e. The van der Waals surface area contributed by atoms with Crippen LogP contribution in [0, 0.1) is 11.8 Å². The number of aliphatic imine (C=N–C) groups is 2. The minimum absolute atomic E-state index is 0.0552. The molecule has 11 atom stereocenters. The number of carboxylic acids is 1. The zero-order valence-corrected chi connectivity index (χ0v) is 51.3. The summed E-state index contributed by atoms with van der Waals surface area (Å²) < 4.78 is 0. The lowest BCUT2D eigenvalue weighted by atomic mass is 9.95. The van der Waals surface area contributed by atoms with Crippen molar-refractivity contribution in [2.24, 2.45) is 56.2 Å². The van der Waals surface area contributed by atoms with Crippen LogP contribution in [0.5, 0.6) is 0 Å². The zero-order valence-electron chi connectivity index (χ0n) is 51.3. The number of H-pyrrole nitrogens is 2. The van der Waals surface area contributed by atoms with Crippen molar-refractivity contribution in [3.8, 4) is 0 Å². The number of amides is 8. The molecule has 1 saturated heterocycles. The Hall–Kier alpha value is -8.71. The molecule has 2 aromatic heterocycles. The van der Waals surface area contributed by atoms with Crippen LogP contribution in [0.15, 0.2) is 65.4 Å². The number of guanidine groups is 2. The number of aliphatic carboxylic acids is 1. The number of aliphatic hydroxyl groups is 1. The molecule has 0 unspecified atom stereocenters. The zero-order chi connectivity index (χ0) is 65.6. The Morgan fingerprint density at radius 2 is 1.21 bits per heavy atom. The predicted octanol–water partition coefficient (Wildman–Crippen LogP) is -2.96. The van der Waals surface area contributed by atoms with Gasteiger partial charge in [-0.1, -0.05) is 64.4 Å². The highest BCUT2D eigenvalue weighted by Crippen LogP contribution is 2.22. The van der Waals surface area contributed by atoms with Crippen LogP contribution in [0.1, 0.15) is 122 Å². The fraction of sp³-hybridized carbons (Fsp3) is 0.603. The van der Waals surface area contributed by atoms with Crippen molar-refractivity contribution in [3.05, 3.63) is 72.3 Å². The summed E-state index contributed by atoms with van der Waals surface area (Å²) in [4.78, 5) is 149. The van der Waals surface area contributed by atoms with Gasteiger partial charge in [-0.15, -0.1) is 0 Å². The lowest BCUT2D eigenvalue weighted by molar-refractivity contribution is -0.142. The van der Waals surface area contributed by atoms with Crippen molar-refractivity contribution in [1.82, 2.24) is 62.1 Å². The smallest absolute Gasteiger partial charge is 0.326 e. The average molecular weight is 1250 g/mol. The van der Waals surface area contributed by atoms with Gasteiger partial charge < -0.3 is 96.7 Å². The summed E-state index contributed by atoms with van der Waals surface area (Å²) in [5.74, 6) is -7.93. The Bertz CT molecular complexity index is 2780. The fourth-order valence-corrected chi connectivity index (χ4v) is 10.1. The first kappa shape index (κ1) is 72.8. The van der Waals surface area contributed by atoms with E-state index in [0.717, 1.165) is 0 Å². The van der Waals surface area contributed by atoms with Gasteiger partial charge in [-0.2, -0.15) is 0 Å². The number of rotatable bonds is 40. The van der Waals surface area contributed by atoms with E-state index in [1.165, 1.54) is 29.9 Å². The second kappa shape index (κ2) is 37.9. The van der Waals surface area contributed by atoms with E-state index in [9.17, 15) is 53.4 Å². The first-order chi connectivity index (χ1) is 42.4. The number of nitrogens with one attached hydrogen (secondary N) is 9. The molecular weight excluding hydrogens is 1150 g/mol. The molecule has 0 spiro atoms. The maximum Gasteiger partial charge on any atom is 0.326 e. The highest BCUT2D eigenvalue weighted by atomic mass is 16.4. The molecule has 3 aromatic rings. The van der Waals surface area contributed by atoms with Crippen LogP contribution < -0.4 is 71.6 Å². The van der Waals surface area contributed by atoms with Gasteiger partial charge in [0.1, 0.15) is 42.3 Å². The van der Waals surface area contributed by atoms with E-state index in [4.69, 9.17) is 34.4 Å². The number of benzene rings is 1. The molecular formula is C58H94N20O11. The average Bonchev–Trinajstić information content (AvgIpc) is 3.25. The summed E-state index contributed by atoms with van der Waals surface area (Å²) in [7, 11) is 0. The van der Waals surface area contributed by atoms with Crippen LogP contribution in [0.4, 0.5) is 0 Å². The fourth-order valence-electron chi connectivity index (χ4n) is 10.1. The summed E-state index contributed by atoms with van der Waals surface area (Å²) in [5.41, 5.74) is 35.2. The third kappa shape index (κ3) is 25.5. The molecule has 1 aliphatic rings. The minimum atomic E-state index is -1.55. The summed E-state index contributed by atoms with van der Waals surface area (Å²) in [5, 5.41) is 40.9. The lowest BCUT2D eigenvalue weighted by Gasteiger charge is -2.31. The number of aromatic nitrogens is 4. The molecule has 8 amide bonds. The number of aliphatic hydroxyl groups excluding tert-OH is 1. The van der Waals surface area contributed by atoms with Crippen molar-refractivity contribution in [1.29, 1.82) is 0 Å². The standard InChI is InChI=1S/C58H94N20O11/c1-5-34(4)48(54(86)76-44(27-37-30-66-32-70-37)51(83)72-40(56(88)89)17-9-10-20-59)77-47(80)28-46(79)41(24-33(2)3)73-52(84)43(26-36-29-65-31-69-36)74-50(82)42(25-35-14-7-6-8-15-35)75-53(85)45-19-13-23-78(45)55(87)39(18-12-22-68-58(63)64)71-49(81)38(60)16-11-21-67-57(61)62/h6-8,14-15,29-34,38-46,48,79H,5,9-13,16-28,59-60H2,1-4H3,(H,65,69)(H,66,70)(H,71,81)(H,72,83)(H,73,84)(H,74,82)(H,75,85)(H,76,86)(H,77,80)(H,88,89)(H4,61,62,67)(H4,63,64,68)/t34-,38-,39-,40-,41-,42-,43-,44-,45-,46-,48-/m0/s1. The van der Waals surface area contributed by atoms with E-state index in [-0.39, 0.29) is 95.3 Å². The molecule has 1 fully saturated rings. The van der Waals surface area contributed by atoms with Gasteiger partial charge in [0, 0.05) is 62.7 Å². The molecule has 0 radical (unpaired) electrons. The van der Waals surface area contributed by atoms with Crippen molar-refractivity contribution < 1.29 is 53.4 Å². The van der Waals surface area contributed by atoms with E-state index in [1.54, 1.807) is 44.2 Å². The van der Waals surface area contributed by atoms with Gasteiger partial charge in [-0.25, -0.2) is 14.8 Å². The first-order valence-electron chi connectivity index (χ1n) is 30.3. The molecule has 0 saturated carbocycles. The molecule has 31 nitrogen and oxygen atoms in total.